The van der Waals surface area contributed by atoms with Crippen molar-refractivity contribution in [1.29, 1.82) is 0 Å². The number of aliphatic imine (C=N–C) groups is 1. The first-order valence-corrected chi connectivity index (χ1v) is 11.5. The minimum atomic E-state index is 0.0654. The second-order valence-corrected chi connectivity index (χ2v) is 8.84. The molecule has 5 aromatic rings. The van der Waals surface area contributed by atoms with Gasteiger partial charge in [0.1, 0.15) is 16.5 Å². The monoisotopic (exact) mass is 484 g/mol. The summed E-state index contributed by atoms with van der Waals surface area (Å²) in [5, 5.41) is 30.3. The number of hydrogen-bond donors (Lipinski definition) is 2. The number of rotatable bonds is 5. The molecule has 0 aliphatic heterocycles. The molecule has 0 saturated heterocycles. The second kappa shape index (κ2) is 9.43. The van der Waals surface area contributed by atoms with E-state index in [0.717, 1.165) is 10.2 Å². The van der Waals surface area contributed by atoms with Crippen molar-refractivity contribution >= 4 is 56.4 Å². The Bertz CT molecular complexity index is 1530. The van der Waals surface area contributed by atoms with E-state index in [9.17, 15) is 10.2 Å². The third-order valence-electron chi connectivity index (χ3n) is 4.96. The van der Waals surface area contributed by atoms with Crippen LogP contribution < -0.4 is 0 Å². The molecule has 0 atom stereocenters. The third-order valence-corrected chi connectivity index (χ3v) is 6.26. The fourth-order valence-corrected chi connectivity index (χ4v) is 4.44. The lowest BCUT2D eigenvalue weighted by Crippen LogP contribution is -1.83. The van der Waals surface area contributed by atoms with E-state index in [1.807, 2.05) is 24.3 Å². The maximum absolute atomic E-state index is 10.4. The highest BCUT2D eigenvalue weighted by atomic mass is 35.5. The van der Waals surface area contributed by atoms with Crippen LogP contribution in [0.4, 0.5) is 17.1 Å². The van der Waals surface area contributed by atoms with Gasteiger partial charge in [-0.25, -0.2) is 4.98 Å². The molecule has 6 nitrogen and oxygen atoms in total. The van der Waals surface area contributed by atoms with E-state index in [1.165, 1.54) is 17.4 Å². The Morgan fingerprint density at radius 3 is 2.35 bits per heavy atom. The number of azo groups is 1. The lowest BCUT2D eigenvalue weighted by Gasteiger charge is -2.03. The van der Waals surface area contributed by atoms with E-state index in [0.29, 0.717) is 38.2 Å². The molecule has 0 radical (unpaired) electrons. The van der Waals surface area contributed by atoms with E-state index in [-0.39, 0.29) is 11.5 Å². The molecule has 166 valence electrons. The molecule has 0 aliphatic rings. The molecule has 0 saturated carbocycles. The third kappa shape index (κ3) is 4.80. The number of fused-ring (bicyclic) bond motifs is 1. The van der Waals surface area contributed by atoms with Gasteiger partial charge >= 0.3 is 0 Å². The molecule has 0 bridgehead atoms. The van der Waals surface area contributed by atoms with E-state index in [1.54, 1.807) is 60.8 Å². The van der Waals surface area contributed by atoms with Gasteiger partial charge in [-0.1, -0.05) is 29.8 Å². The molecule has 2 N–H and O–H groups in total. The van der Waals surface area contributed by atoms with Crippen LogP contribution in [-0.4, -0.2) is 21.4 Å². The van der Waals surface area contributed by atoms with Crippen LogP contribution in [0.2, 0.25) is 5.02 Å². The summed E-state index contributed by atoms with van der Waals surface area (Å²) in [5.74, 6) is 0.194. The summed E-state index contributed by atoms with van der Waals surface area (Å²) in [7, 11) is 0. The van der Waals surface area contributed by atoms with Crippen LogP contribution in [0.1, 0.15) is 5.56 Å². The fraction of sp³-hybridized carbons (Fsp3) is 0. The quantitative estimate of drug-likeness (QED) is 0.194. The van der Waals surface area contributed by atoms with E-state index in [4.69, 9.17) is 11.6 Å². The lowest BCUT2D eigenvalue weighted by atomic mass is 10.1. The summed E-state index contributed by atoms with van der Waals surface area (Å²) < 4.78 is 1.04. The minimum Gasteiger partial charge on any atom is -0.507 e. The molecule has 0 aliphatic carbocycles. The average molecular weight is 485 g/mol. The van der Waals surface area contributed by atoms with Crippen LogP contribution in [0.15, 0.2) is 100 Å². The molecule has 1 heterocycles. The van der Waals surface area contributed by atoms with Crippen LogP contribution in [-0.2, 0) is 0 Å². The van der Waals surface area contributed by atoms with Gasteiger partial charge < -0.3 is 10.2 Å². The molecule has 5 rings (SSSR count). The number of aromatic nitrogens is 1. The summed E-state index contributed by atoms with van der Waals surface area (Å²) in [6.07, 6.45) is 1.54. The Hall–Kier alpha value is -4.07. The van der Waals surface area contributed by atoms with Crippen LogP contribution in [0, 0.1) is 0 Å². The zero-order valence-corrected chi connectivity index (χ0v) is 19.2. The summed E-state index contributed by atoms with van der Waals surface area (Å²) in [4.78, 5) is 9.10. The Balaban J connectivity index is 1.41. The summed E-state index contributed by atoms with van der Waals surface area (Å²) in [6.45, 7) is 0. The van der Waals surface area contributed by atoms with Crippen molar-refractivity contribution in [3.8, 4) is 22.1 Å². The van der Waals surface area contributed by atoms with Crippen LogP contribution in [0.25, 0.3) is 20.8 Å². The molecular formula is C26H17ClN4O2S. The molecule has 0 fully saturated rings. The highest BCUT2D eigenvalue weighted by molar-refractivity contribution is 7.21. The van der Waals surface area contributed by atoms with Crippen molar-refractivity contribution in [3.05, 3.63) is 95.5 Å². The van der Waals surface area contributed by atoms with Gasteiger partial charge in [-0.3, -0.25) is 4.99 Å². The number of phenols is 2. The predicted molar refractivity (Wildman–Crippen MR) is 138 cm³/mol. The number of benzene rings is 4. The number of hydrogen-bond acceptors (Lipinski definition) is 7. The maximum Gasteiger partial charge on any atom is 0.128 e. The van der Waals surface area contributed by atoms with E-state index >= 15 is 0 Å². The Morgan fingerprint density at radius 2 is 1.53 bits per heavy atom. The number of aromatic hydroxyl groups is 2. The first-order chi connectivity index (χ1) is 16.5. The minimum absolute atomic E-state index is 0.0654. The molecular weight excluding hydrogens is 468 g/mol. The number of para-hydroxylation sites is 1. The Kier molecular flexibility index (Phi) is 6.03. The van der Waals surface area contributed by atoms with Gasteiger partial charge in [0, 0.05) is 16.8 Å². The first kappa shape index (κ1) is 21.8. The van der Waals surface area contributed by atoms with E-state index < -0.39 is 0 Å². The summed E-state index contributed by atoms with van der Waals surface area (Å²) in [6, 6.07) is 24.8. The highest BCUT2D eigenvalue weighted by Gasteiger charge is 2.11. The van der Waals surface area contributed by atoms with Crippen LogP contribution in [0.5, 0.6) is 11.5 Å². The molecule has 0 spiro atoms. The van der Waals surface area contributed by atoms with Gasteiger partial charge in [0.25, 0.3) is 0 Å². The summed E-state index contributed by atoms with van der Waals surface area (Å²) >= 11 is 7.48. The molecule has 8 heteroatoms. The number of nitrogens with zero attached hydrogens (tertiary/aromatic N) is 4. The first-order valence-electron chi connectivity index (χ1n) is 10.3. The maximum atomic E-state index is 10.4. The standard InChI is InChI=1S/C26H17ClN4O2S/c27-17-4-3-5-19(13-17)30-31-20-9-10-23(32)16(12-20)15-28-18-8-11-24(33)21(14-18)26-29-22-6-1-2-7-25(22)34-26/h1-15,32-33H. The predicted octanol–water partition coefficient (Wildman–Crippen LogP) is 8.19. The smallest absolute Gasteiger partial charge is 0.128 e. The van der Waals surface area contributed by atoms with Crippen molar-refractivity contribution in [2.75, 3.05) is 0 Å². The summed E-state index contributed by atoms with van der Waals surface area (Å²) in [5.41, 5.74) is 3.76. The highest BCUT2D eigenvalue weighted by Crippen LogP contribution is 2.37. The van der Waals surface area contributed by atoms with Gasteiger partial charge in [0.05, 0.1) is 32.8 Å². The SMILES string of the molecule is Oc1ccc(N=Nc2cccc(Cl)c2)cc1C=Nc1ccc(O)c(-c2nc3ccccc3s2)c1. The Labute approximate surface area is 204 Å². The zero-order chi connectivity index (χ0) is 23.5. The molecule has 4 aromatic carbocycles. The van der Waals surface area contributed by atoms with Crippen molar-refractivity contribution in [2.24, 2.45) is 15.2 Å². The molecule has 0 unspecified atom stereocenters. The van der Waals surface area contributed by atoms with Crippen LogP contribution in [0.3, 0.4) is 0 Å². The number of halogens is 1. The number of phenolic OH excluding ortho intramolecular Hbond substituents is 2. The van der Waals surface area contributed by atoms with Gasteiger partial charge in [0.2, 0.25) is 0 Å². The molecule has 1 aromatic heterocycles. The zero-order valence-electron chi connectivity index (χ0n) is 17.6. The topological polar surface area (TPSA) is 90.4 Å². The van der Waals surface area contributed by atoms with Crippen molar-refractivity contribution in [2.45, 2.75) is 0 Å². The van der Waals surface area contributed by atoms with E-state index in [2.05, 4.69) is 20.2 Å². The van der Waals surface area contributed by atoms with Crippen molar-refractivity contribution < 1.29 is 10.2 Å². The number of thiazole rings is 1. The van der Waals surface area contributed by atoms with Gasteiger partial charge in [-0.15, -0.1) is 11.3 Å². The normalized spacial score (nSPS) is 11.7. The average Bonchev–Trinajstić information content (AvgIpc) is 3.28. The lowest BCUT2D eigenvalue weighted by molar-refractivity contribution is 0.474. The van der Waals surface area contributed by atoms with Crippen molar-refractivity contribution in [1.82, 2.24) is 4.98 Å². The van der Waals surface area contributed by atoms with Crippen molar-refractivity contribution in [3.63, 3.8) is 0 Å². The largest absolute Gasteiger partial charge is 0.507 e. The van der Waals surface area contributed by atoms with Gasteiger partial charge in [-0.2, -0.15) is 10.2 Å². The second-order valence-electron chi connectivity index (χ2n) is 7.37. The fourth-order valence-electron chi connectivity index (χ4n) is 3.27. The van der Waals surface area contributed by atoms with Gasteiger partial charge in [0.15, 0.2) is 0 Å². The Morgan fingerprint density at radius 1 is 0.765 bits per heavy atom. The van der Waals surface area contributed by atoms with Crippen LogP contribution >= 0.6 is 22.9 Å². The van der Waals surface area contributed by atoms with Gasteiger partial charge in [-0.05, 0) is 66.7 Å². The molecule has 0 amide bonds. The molecule has 34 heavy (non-hydrogen) atoms.